The molecule has 1 N–H and O–H groups in total. The Balaban J connectivity index is 1.73. The molecular formula is C19H16FN5O4S2. The van der Waals surface area contributed by atoms with Crippen molar-refractivity contribution >= 4 is 62.5 Å². The van der Waals surface area contributed by atoms with Gasteiger partial charge in [-0.2, -0.15) is 0 Å². The zero-order chi connectivity index (χ0) is 22.4. The molecule has 0 aliphatic heterocycles. The standard InChI is InChI=1S/C19H16FN5O4S2/c1-3-29-18(28)16-17(31-24-23-16)22-15(27)9-8-12-10-30-19(21-12)25(11(2)26)14-7-5-4-6-13(14)20/h4-10H,3H2,1-2H3,(H,22,27)/b9-8+. The van der Waals surface area contributed by atoms with Gasteiger partial charge in [-0.25, -0.2) is 14.2 Å². The zero-order valence-corrected chi connectivity index (χ0v) is 18.0. The van der Waals surface area contributed by atoms with E-state index in [4.69, 9.17) is 4.74 Å². The molecule has 0 aliphatic rings. The van der Waals surface area contributed by atoms with Gasteiger partial charge in [0.25, 0.3) is 0 Å². The molecule has 0 saturated heterocycles. The van der Waals surface area contributed by atoms with Gasteiger partial charge in [-0.1, -0.05) is 16.6 Å². The number of para-hydroxylation sites is 1. The van der Waals surface area contributed by atoms with Crippen molar-refractivity contribution in [1.82, 2.24) is 14.6 Å². The van der Waals surface area contributed by atoms with Gasteiger partial charge in [-0.3, -0.25) is 14.5 Å². The number of carbonyl (C=O) groups excluding carboxylic acids is 3. The maximum Gasteiger partial charge on any atom is 0.362 e. The molecule has 0 saturated carbocycles. The summed E-state index contributed by atoms with van der Waals surface area (Å²) in [6, 6.07) is 5.87. The second-order valence-electron chi connectivity index (χ2n) is 5.85. The van der Waals surface area contributed by atoms with Crippen LogP contribution in [-0.2, 0) is 14.3 Å². The highest BCUT2D eigenvalue weighted by atomic mass is 32.1. The molecule has 31 heavy (non-hydrogen) atoms. The fraction of sp³-hybridized carbons (Fsp3) is 0.158. The number of benzene rings is 1. The highest BCUT2D eigenvalue weighted by Crippen LogP contribution is 2.31. The smallest absolute Gasteiger partial charge is 0.362 e. The summed E-state index contributed by atoms with van der Waals surface area (Å²) in [4.78, 5) is 41.5. The molecule has 0 fully saturated rings. The summed E-state index contributed by atoms with van der Waals surface area (Å²) < 4.78 is 22.6. The fourth-order valence-corrected chi connectivity index (χ4v) is 3.83. The lowest BCUT2D eigenvalue weighted by Gasteiger charge is -2.18. The summed E-state index contributed by atoms with van der Waals surface area (Å²) >= 11 is 1.97. The lowest BCUT2D eigenvalue weighted by Crippen LogP contribution is -2.23. The fourth-order valence-electron chi connectivity index (χ4n) is 2.42. The van der Waals surface area contributed by atoms with Gasteiger partial charge in [0.2, 0.25) is 17.5 Å². The average Bonchev–Trinajstić information content (AvgIpc) is 3.38. The van der Waals surface area contributed by atoms with Crippen molar-refractivity contribution in [2.24, 2.45) is 0 Å². The van der Waals surface area contributed by atoms with Crippen LogP contribution in [0, 0.1) is 5.82 Å². The number of anilines is 3. The van der Waals surface area contributed by atoms with Crippen LogP contribution in [0.25, 0.3) is 6.08 Å². The van der Waals surface area contributed by atoms with E-state index < -0.39 is 23.6 Å². The molecule has 0 unspecified atom stereocenters. The third-order valence-corrected chi connectivity index (χ3v) is 5.19. The predicted octanol–water partition coefficient (Wildman–Crippen LogP) is 3.65. The summed E-state index contributed by atoms with van der Waals surface area (Å²) in [5.41, 5.74) is 0.402. The second-order valence-corrected chi connectivity index (χ2v) is 7.45. The van der Waals surface area contributed by atoms with E-state index in [0.29, 0.717) is 5.69 Å². The molecule has 0 aliphatic carbocycles. The third-order valence-electron chi connectivity index (χ3n) is 3.71. The minimum absolute atomic E-state index is 0.0773. The first-order valence-corrected chi connectivity index (χ1v) is 10.5. The molecule has 2 heterocycles. The van der Waals surface area contributed by atoms with Crippen molar-refractivity contribution in [2.75, 3.05) is 16.8 Å². The lowest BCUT2D eigenvalue weighted by atomic mass is 10.3. The first kappa shape index (κ1) is 22.2. The van der Waals surface area contributed by atoms with Crippen LogP contribution >= 0.6 is 22.9 Å². The van der Waals surface area contributed by atoms with E-state index >= 15 is 0 Å². The minimum atomic E-state index is -0.683. The first-order valence-electron chi connectivity index (χ1n) is 8.90. The summed E-state index contributed by atoms with van der Waals surface area (Å²) in [6.45, 7) is 3.13. The van der Waals surface area contributed by atoms with Crippen LogP contribution in [0.3, 0.4) is 0 Å². The molecule has 3 aromatic rings. The Kier molecular flexibility index (Phi) is 7.15. The summed E-state index contributed by atoms with van der Waals surface area (Å²) in [6.07, 6.45) is 2.63. The van der Waals surface area contributed by atoms with E-state index in [9.17, 15) is 18.8 Å². The normalized spacial score (nSPS) is 10.8. The number of thiazole rings is 1. The van der Waals surface area contributed by atoms with Crippen LogP contribution in [0.15, 0.2) is 35.7 Å². The van der Waals surface area contributed by atoms with Gasteiger partial charge in [0.15, 0.2) is 10.1 Å². The quantitative estimate of drug-likeness (QED) is 0.422. The van der Waals surface area contributed by atoms with E-state index in [1.807, 2.05) is 0 Å². The SMILES string of the molecule is CCOC(=O)c1nnsc1NC(=O)/C=C/c1csc(N(C(C)=O)c2ccccc2F)n1. The Morgan fingerprint density at radius 2 is 2.06 bits per heavy atom. The van der Waals surface area contributed by atoms with Gasteiger partial charge in [0.05, 0.1) is 18.0 Å². The number of nitrogens with zero attached hydrogens (tertiary/aromatic N) is 4. The molecular weight excluding hydrogens is 445 g/mol. The summed E-state index contributed by atoms with van der Waals surface area (Å²) in [5, 5.41) is 8.21. The molecule has 0 radical (unpaired) electrons. The predicted molar refractivity (Wildman–Crippen MR) is 115 cm³/mol. The van der Waals surface area contributed by atoms with Crippen molar-refractivity contribution in [3.63, 3.8) is 0 Å². The van der Waals surface area contributed by atoms with Crippen molar-refractivity contribution in [2.45, 2.75) is 13.8 Å². The molecule has 9 nitrogen and oxygen atoms in total. The van der Waals surface area contributed by atoms with Gasteiger partial charge in [-0.05, 0) is 25.1 Å². The zero-order valence-electron chi connectivity index (χ0n) is 16.4. The van der Waals surface area contributed by atoms with Crippen LogP contribution in [0.2, 0.25) is 0 Å². The van der Waals surface area contributed by atoms with Gasteiger partial charge in [0, 0.05) is 29.9 Å². The molecule has 0 atom stereocenters. The van der Waals surface area contributed by atoms with Crippen LogP contribution in [0.5, 0.6) is 0 Å². The molecule has 3 rings (SSSR count). The number of amides is 2. The Morgan fingerprint density at radius 3 is 2.77 bits per heavy atom. The number of halogens is 1. The number of ether oxygens (including phenoxy) is 1. The Bertz CT molecular complexity index is 1140. The van der Waals surface area contributed by atoms with Gasteiger partial charge >= 0.3 is 5.97 Å². The summed E-state index contributed by atoms with van der Waals surface area (Å²) in [5.74, 6) is -2.18. The number of esters is 1. The van der Waals surface area contributed by atoms with Crippen molar-refractivity contribution < 1.29 is 23.5 Å². The molecule has 2 amide bonds. The highest BCUT2D eigenvalue weighted by molar-refractivity contribution is 7.14. The van der Waals surface area contributed by atoms with Crippen LogP contribution < -0.4 is 10.2 Å². The van der Waals surface area contributed by atoms with Crippen molar-refractivity contribution in [3.05, 3.63) is 52.9 Å². The highest BCUT2D eigenvalue weighted by Gasteiger charge is 2.21. The maximum atomic E-state index is 14.1. The molecule has 160 valence electrons. The summed E-state index contributed by atoms with van der Waals surface area (Å²) in [7, 11) is 0. The Morgan fingerprint density at radius 1 is 1.29 bits per heavy atom. The van der Waals surface area contributed by atoms with Crippen LogP contribution in [0.4, 0.5) is 20.2 Å². The number of rotatable bonds is 7. The van der Waals surface area contributed by atoms with Gasteiger partial charge < -0.3 is 10.1 Å². The van der Waals surface area contributed by atoms with Crippen molar-refractivity contribution in [3.8, 4) is 0 Å². The van der Waals surface area contributed by atoms with E-state index in [1.165, 1.54) is 37.3 Å². The van der Waals surface area contributed by atoms with E-state index in [1.54, 1.807) is 18.4 Å². The van der Waals surface area contributed by atoms with Crippen molar-refractivity contribution in [1.29, 1.82) is 0 Å². The molecule has 0 bridgehead atoms. The average molecular weight is 462 g/mol. The van der Waals surface area contributed by atoms with E-state index in [-0.39, 0.29) is 28.1 Å². The maximum absolute atomic E-state index is 14.1. The minimum Gasteiger partial charge on any atom is -0.461 e. The lowest BCUT2D eigenvalue weighted by molar-refractivity contribution is -0.116. The Hall–Kier alpha value is -3.51. The molecule has 12 heteroatoms. The van der Waals surface area contributed by atoms with Crippen LogP contribution in [0.1, 0.15) is 30.0 Å². The largest absolute Gasteiger partial charge is 0.461 e. The van der Waals surface area contributed by atoms with E-state index in [2.05, 4.69) is 19.9 Å². The molecule has 2 aromatic heterocycles. The van der Waals surface area contributed by atoms with Crippen LogP contribution in [-0.4, -0.2) is 39.0 Å². The monoisotopic (exact) mass is 461 g/mol. The van der Waals surface area contributed by atoms with Gasteiger partial charge in [-0.15, -0.1) is 16.4 Å². The topological polar surface area (TPSA) is 114 Å². The number of nitrogens with one attached hydrogen (secondary N) is 1. The Labute approximate surface area is 184 Å². The van der Waals surface area contributed by atoms with E-state index in [0.717, 1.165) is 27.8 Å². The molecule has 0 spiro atoms. The van der Waals surface area contributed by atoms with Gasteiger partial charge in [0.1, 0.15) is 5.82 Å². The number of aromatic nitrogens is 3. The first-order chi connectivity index (χ1) is 14.9. The molecule has 1 aromatic carbocycles. The number of hydrogen-bond donors (Lipinski definition) is 1. The second kappa shape index (κ2) is 10.00. The number of hydrogen-bond acceptors (Lipinski definition) is 9. The number of carbonyl (C=O) groups is 3. The third kappa shape index (κ3) is 5.35.